The van der Waals surface area contributed by atoms with E-state index in [-0.39, 0.29) is 11.2 Å². The van der Waals surface area contributed by atoms with Crippen LogP contribution in [0.2, 0.25) is 0 Å². The van der Waals surface area contributed by atoms with Crippen LogP contribution in [0.4, 0.5) is 4.39 Å². The number of benzene rings is 3. The Balaban J connectivity index is 1.58. The van der Waals surface area contributed by atoms with Crippen molar-refractivity contribution < 1.29 is 9.13 Å². The van der Waals surface area contributed by atoms with E-state index in [1.54, 1.807) is 12.1 Å². The number of halogens is 1. The quantitative estimate of drug-likeness (QED) is 0.380. The Kier molecular flexibility index (Phi) is 6.53. The van der Waals surface area contributed by atoms with Crippen LogP contribution in [0.15, 0.2) is 79.4 Å². The summed E-state index contributed by atoms with van der Waals surface area (Å²) in [5.74, 6) is 1.16. The molecule has 2 heteroatoms. The van der Waals surface area contributed by atoms with E-state index in [0.29, 0.717) is 5.75 Å². The minimum atomic E-state index is -0.261. The second-order valence-corrected chi connectivity index (χ2v) is 8.30. The minimum Gasteiger partial charge on any atom is -0.457 e. The lowest BCUT2D eigenvalue weighted by Crippen LogP contribution is -2.17. The highest BCUT2D eigenvalue weighted by Crippen LogP contribution is 2.30. The molecule has 0 unspecified atom stereocenters. The lowest BCUT2D eigenvalue weighted by molar-refractivity contribution is 0.460. The lowest BCUT2D eigenvalue weighted by atomic mass is 9.79. The van der Waals surface area contributed by atoms with Crippen LogP contribution in [0.1, 0.15) is 50.3 Å². The first-order valence-electron chi connectivity index (χ1n) is 10.1. The van der Waals surface area contributed by atoms with Gasteiger partial charge in [-0.25, -0.2) is 4.39 Å². The third-order valence-corrected chi connectivity index (χ3v) is 5.37. The molecule has 1 nitrogen and oxygen atoms in total. The molecule has 0 aliphatic rings. The summed E-state index contributed by atoms with van der Waals surface area (Å²) in [4.78, 5) is 0. The van der Waals surface area contributed by atoms with Crippen molar-refractivity contribution in [1.29, 1.82) is 0 Å². The first-order chi connectivity index (χ1) is 13.8. The van der Waals surface area contributed by atoms with Crippen molar-refractivity contribution in [3.05, 3.63) is 102 Å². The Hall–Kier alpha value is -2.87. The van der Waals surface area contributed by atoms with Crippen LogP contribution in [-0.4, -0.2) is 0 Å². The summed E-state index contributed by atoms with van der Waals surface area (Å²) < 4.78 is 18.9. The SMILES string of the molecule is C=C(C)c1ccc(C(C)(C)CCCc2cccc(Oc3ccc(F)cc3)c2)cc1. The molecule has 0 heterocycles. The normalized spacial score (nSPS) is 11.3. The van der Waals surface area contributed by atoms with E-state index < -0.39 is 0 Å². The summed E-state index contributed by atoms with van der Waals surface area (Å²) in [6.07, 6.45) is 3.19. The number of hydrogen-bond acceptors (Lipinski definition) is 1. The first-order valence-corrected chi connectivity index (χ1v) is 10.1. The monoisotopic (exact) mass is 388 g/mol. The van der Waals surface area contributed by atoms with Gasteiger partial charge in [-0.3, -0.25) is 0 Å². The predicted molar refractivity (Wildman–Crippen MR) is 120 cm³/mol. The second-order valence-electron chi connectivity index (χ2n) is 8.30. The Labute approximate surface area is 173 Å². The van der Waals surface area contributed by atoms with Gasteiger partial charge in [0.25, 0.3) is 0 Å². The molecule has 0 saturated carbocycles. The van der Waals surface area contributed by atoms with Crippen molar-refractivity contribution in [3.8, 4) is 11.5 Å². The van der Waals surface area contributed by atoms with E-state index in [4.69, 9.17) is 4.74 Å². The van der Waals surface area contributed by atoms with Crippen LogP contribution < -0.4 is 4.74 Å². The molecular formula is C27H29FO. The van der Waals surface area contributed by atoms with Gasteiger partial charge in [0.2, 0.25) is 0 Å². The third kappa shape index (κ3) is 5.80. The Morgan fingerprint density at radius 1 is 0.931 bits per heavy atom. The predicted octanol–water partition coefficient (Wildman–Crippen LogP) is 7.95. The molecule has 0 radical (unpaired) electrons. The fourth-order valence-electron chi connectivity index (χ4n) is 3.49. The maximum Gasteiger partial charge on any atom is 0.127 e. The van der Waals surface area contributed by atoms with Gasteiger partial charge in [0.1, 0.15) is 17.3 Å². The van der Waals surface area contributed by atoms with Crippen molar-refractivity contribution in [2.45, 2.75) is 45.4 Å². The van der Waals surface area contributed by atoms with Crippen molar-refractivity contribution in [2.24, 2.45) is 0 Å². The second kappa shape index (κ2) is 9.09. The molecule has 0 aliphatic carbocycles. The van der Waals surface area contributed by atoms with Crippen molar-refractivity contribution in [3.63, 3.8) is 0 Å². The molecule has 0 aliphatic heterocycles. The molecule has 3 aromatic rings. The van der Waals surface area contributed by atoms with E-state index in [2.05, 4.69) is 56.8 Å². The zero-order chi connectivity index (χ0) is 20.9. The number of allylic oxidation sites excluding steroid dienone is 1. The highest BCUT2D eigenvalue weighted by atomic mass is 19.1. The number of rotatable bonds is 8. The largest absolute Gasteiger partial charge is 0.457 e. The van der Waals surface area contributed by atoms with Gasteiger partial charge in [0, 0.05) is 0 Å². The van der Waals surface area contributed by atoms with Crippen molar-refractivity contribution >= 4 is 5.57 Å². The van der Waals surface area contributed by atoms with Crippen LogP contribution in [0.25, 0.3) is 5.57 Å². The molecule has 0 saturated heterocycles. The maximum atomic E-state index is 13.0. The fourth-order valence-corrected chi connectivity index (χ4v) is 3.49. The highest BCUT2D eigenvalue weighted by molar-refractivity contribution is 5.61. The van der Waals surface area contributed by atoms with Crippen LogP contribution in [0.5, 0.6) is 11.5 Å². The van der Waals surface area contributed by atoms with Gasteiger partial charge in [-0.2, -0.15) is 0 Å². The zero-order valence-electron chi connectivity index (χ0n) is 17.5. The van der Waals surface area contributed by atoms with E-state index in [9.17, 15) is 4.39 Å². The molecule has 0 atom stereocenters. The van der Waals surface area contributed by atoms with Crippen LogP contribution in [0, 0.1) is 5.82 Å². The van der Waals surface area contributed by atoms with E-state index in [0.717, 1.165) is 30.6 Å². The summed E-state index contributed by atoms with van der Waals surface area (Å²) >= 11 is 0. The maximum absolute atomic E-state index is 13.0. The molecular weight excluding hydrogens is 359 g/mol. The van der Waals surface area contributed by atoms with Gasteiger partial charge in [-0.05, 0) is 84.7 Å². The molecule has 0 bridgehead atoms. The van der Waals surface area contributed by atoms with E-state index in [1.807, 2.05) is 19.1 Å². The molecule has 3 rings (SSSR count). The summed E-state index contributed by atoms with van der Waals surface area (Å²) in [7, 11) is 0. The molecule has 0 fully saturated rings. The lowest BCUT2D eigenvalue weighted by Gasteiger charge is -2.25. The smallest absolute Gasteiger partial charge is 0.127 e. The molecule has 3 aromatic carbocycles. The Morgan fingerprint density at radius 2 is 1.62 bits per heavy atom. The van der Waals surface area contributed by atoms with Gasteiger partial charge in [0.05, 0.1) is 0 Å². The van der Waals surface area contributed by atoms with Gasteiger partial charge in [-0.1, -0.05) is 62.4 Å². The zero-order valence-corrected chi connectivity index (χ0v) is 17.5. The topological polar surface area (TPSA) is 9.23 Å². The summed E-state index contributed by atoms with van der Waals surface area (Å²) in [6, 6.07) is 23.0. The molecule has 0 amide bonds. The molecule has 0 N–H and O–H groups in total. The summed E-state index contributed by atoms with van der Waals surface area (Å²) in [6.45, 7) is 10.7. The standard InChI is InChI=1S/C27H29FO/c1-20(2)22-10-12-23(13-11-22)27(3,4)18-6-8-21-7-5-9-26(19-21)29-25-16-14-24(28)15-17-25/h5,7,9-17,19H,1,6,8,18H2,2-4H3. The Bertz CT molecular complexity index is 953. The minimum absolute atomic E-state index is 0.121. The number of hydrogen-bond donors (Lipinski definition) is 0. The summed E-state index contributed by atoms with van der Waals surface area (Å²) in [5.41, 5.74) is 5.02. The third-order valence-electron chi connectivity index (χ3n) is 5.37. The molecule has 150 valence electrons. The van der Waals surface area contributed by atoms with E-state index in [1.165, 1.54) is 28.8 Å². The van der Waals surface area contributed by atoms with Gasteiger partial charge >= 0.3 is 0 Å². The first kappa shape index (κ1) is 20.9. The van der Waals surface area contributed by atoms with E-state index >= 15 is 0 Å². The average molecular weight is 389 g/mol. The highest BCUT2D eigenvalue weighted by Gasteiger charge is 2.20. The van der Waals surface area contributed by atoms with Crippen molar-refractivity contribution in [1.82, 2.24) is 0 Å². The van der Waals surface area contributed by atoms with Crippen LogP contribution in [-0.2, 0) is 11.8 Å². The van der Waals surface area contributed by atoms with Crippen molar-refractivity contribution in [2.75, 3.05) is 0 Å². The molecule has 29 heavy (non-hydrogen) atoms. The van der Waals surface area contributed by atoms with Gasteiger partial charge < -0.3 is 4.74 Å². The number of ether oxygens (including phenoxy) is 1. The van der Waals surface area contributed by atoms with Crippen LogP contribution in [0.3, 0.4) is 0 Å². The molecule has 0 aromatic heterocycles. The molecule has 0 spiro atoms. The van der Waals surface area contributed by atoms with Gasteiger partial charge in [-0.15, -0.1) is 0 Å². The fraction of sp³-hybridized carbons (Fsp3) is 0.259. The summed E-state index contributed by atoms with van der Waals surface area (Å²) in [5, 5.41) is 0. The van der Waals surface area contributed by atoms with Crippen LogP contribution >= 0.6 is 0 Å². The van der Waals surface area contributed by atoms with Gasteiger partial charge in [0.15, 0.2) is 0 Å². The number of aryl methyl sites for hydroxylation is 1. The average Bonchev–Trinajstić information content (AvgIpc) is 2.70. The Morgan fingerprint density at radius 3 is 2.28 bits per heavy atom.